The zero-order chi connectivity index (χ0) is 28.8. The molecule has 41 heavy (non-hydrogen) atoms. The molecule has 0 aliphatic heterocycles. The van der Waals surface area contributed by atoms with Crippen LogP contribution in [0.4, 0.5) is 0 Å². The molecule has 0 aliphatic carbocycles. The highest BCUT2D eigenvalue weighted by atomic mass is 35.5. The maximum atomic E-state index is 6.49. The Labute approximate surface area is 260 Å². The van der Waals surface area contributed by atoms with Crippen LogP contribution in [0, 0.1) is 5.92 Å². The number of halogens is 4. The van der Waals surface area contributed by atoms with Gasteiger partial charge in [0.25, 0.3) is 0 Å². The molecular weight excluding hydrogens is 598 g/mol. The minimum Gasteiger partial charge on any atom is -0.252 e. The van der Waals surface area contributed by atoms with Gasteiger partial charge in [0, 0.05) is 32.2 Å². The average Bonchev–Trinajstić information content (AvgIpc) is 3.60. The summed E-state index contributed by atoms with van der Waals surface area (Å²) in [5, 5.41) is 11.9. The molecule has 212 valence electrons. The fourth-order valence-corrected chi connectivity index (χ4v) is 5.91. The van der Waals surface area contributed by atoms with Crippen LogP contribution in [0.5, 0.6) is 0 Å². The molecule has 0 bridgehead atoms. The Hall–Kier alpha value is -2.90. The van der Waals surface area contributed by atoms with Gasteiger partial charge in [0.1, 0.15) is 12.7 Å². The third-order valence-corrected chi connectivity index (χ3v) is 8.11. The lowest BCUT2D eigenvalue weighted by Gasteiger charge is -2.17. The molecule has 5 aromatic rings. The van der Waals surface area contributed by atoms with Gasteiger partial charge in [0.2, 0.25) is 11.6 Å². The summed E-state index contributed by atoms with van der Waals surface area (Å²) >= 11 is 25.1. The van der Waals surface area contributed by atoms with Gasteiger partial charge in [-0.3, -0.25) is 4.68 Å². The maximum absolute atomic E-state index is 6.49. The van der Waals surface area contributed by atoms with Crippen molar-refractivity contribution in [3.8, 4) is 22.8 Å². The molecule has 0 N–H and O–H groups in total. The van der Waals surface area contributed by atoms with Gasteiger partial charge in [-0.1, -0.05) is 103 Å². The van der Waals surface area contributed by atoms with Crippen molar-refractivity contribution >= 4 is 46.4 Å². The predicted molar refractivity (Wildman–Crippen MR) is 168 cm³/mol. The Morgan fingerprint density at radius 3 is 2.20 bits per heavy atom. The molecule has 6 nitrogen and oxygen atoms in total. The summed E-state index contributed by atoms with van der Waals surface area (Å²) in [4.78, 5) is 8.98. The van der Waals surface area contributed by atoms with Gasteiger partial charge in [0.05, 0.1) is 6.54 Å². The van der Waals surface area contributed by atoms with Crippen molar-refractivity contribution in [1.29, 1.82) is 0 Å². The van der Waals surface area contributed by atoms with E-state index < -0.39 is 0 Å². The second-order valence-electron chi connectivity index (χ2n) is 10.2. The number of hydrogen-bond donors (Lipinski definition) is 0. The molecule has 0 saturated heterocycles. The van der Waals surface area contributed by atoms with Crippen molar-refractivity contribution < 1.29 is 0 Å². The topological polar surface area (TPSA) is 61.4 Å². The van der Waals surface area contributed by atoms with E-state index in [-0.39, 0.29) is 0 Å². The molecule has 10 heteroatoms. The number of rotatable bonds is 12. The van der Waals surface area contributed by atoms with Gasteiger partial charge in [0.15, 0.2) is 0 Å². The first kappa shape index (κ1) is 29.6. The first-order valence-electron chi connectivity index (χ1n) is 13.7. The highest BCUT2D eigenvalue weighted by Crippen LogP contribution is 2.31. The van der Waals surface area contributed by atoms with Crippen molar-refractivity contribution in [2.45, 2.75) is 52.1 Å². The summed E-state index contributed by atoms with van der Waals surface area (Å²) < 4.78 is 3.67. The van der Waals surface area contributed by atoms with Gasteiger partial charge in [-0.15, -0.1) is 10.2 Å². The van der Waals surface area contributed by atoms with Gasteiger partial charge < -0.3 is 0 Å². The molecule has 0 radical (unpaired) electrons. The minimum atomic E-state index is 0.363. The molecule has 0 fully saturated rings. The molecule has 2 aromatic heterocycles. The summed E-state index contributed by atoms with van der Waals surface area (Å²) in [5.74, 6) is 1.35. The van der Waals surface area contributed by atoms with E-state index in [4.69, 9.17) is 51.5 Å². The lowest BCUT2D eigenvalue weighted by molar-refractivity contribution is 0.377. The van der Waals surface area contributed by atoms with Crippen LogP contribution in [0.15, 0.2) is 73.3 Å². The summed E-state index contributed by atoms with van der Waals surface area (Å²) in [5.41, 5.74) is 4.11. The molecule has 0 aliphatic rings. The summed E-state index contributed by atoms with van der Waals surface area (Å²) in [6.45, 7) is 3.50. The van der Waals surface area contributed by atoms with Crippen molar-refractivity contribution in [3.63, 3.8) is 0 Å². The van der Waals surface area contributed by atoms with E-state index in [9.17, 15) is 0 Å². The summed E-state index contributed by atoms with van der Waals surface area (Å²) in [6.07, 6.45) is 8.92. The first-order chi connectivity index (χ1) is 19.9. The smallest absolute Gasteiger partial charge is 0.220 e. The lowest BCUT2D eigenvalue weighted by Crippen LogP contribution is -2.14. The number of hydrogen-bond acceptors (Lipinski definition) is 4. The van der Waals surface area contributed by atoms with Crippen LogP contribution in [0.3, 0.4) is 0 Å². The van der Waals surface area contributed by atoms with E-state index in [1.165, 1.54) is 12.8 Å². The molecule has 2 heterocycles. The fraction of sp³-hybridized carbons (Fsp3) is 0.290. The van der Waals surface area contributed by atoms with Crippen LogP contribution in [0.25, 0.3) is 22.8 Å². The van der Waals surface area contributed by atoms with Gasteiger partial charge in [-0.25, -0.2) is 14.6 Å². The normalized spacial score (nSPS) is 12.1. The SMILES string of the molecule is CCCCCC(Cc1ccc(Cl)cc1Cl)Cn1cnc(-c2ncn(Cc3cccc(-c4ccc(Cl)cc4Cl)c3)n2)n1. The van der Waals surface area contributed by atoms with Gasteiger partial charge in [-0.2, -0.15) is 0 Å². The minimum absolute atomic E-state index is 0.363. The maximum Gasteiger partial charge on any atom is 0.220 e. The zero-order valence-electron chi connectivity index (χ0n) is 22.7. The van der Waals surface area contributed by atoms with Crippen molar-refractivity contribution in [2.24, 2.45) is 5.92 Å². The second kappa shape index (κ2) is 13.8. The molecular formula is C31H30Cl4N6. The van der Waals surface area contributed by atoms with E-state index >= 15 is 0 Å². The van der Waals surface area contributed by atoms with Crippen LogP contribution >= 0.6 is 46.4 Å². The Morgan fingerprint density at radius 1 is 0.756 bits per heavy atom. The second-order valence-corrected chi connectivity index (χ2v) is 11.9. The number of unbranched alkanes of at least 4 members (excludes halogenated alkanes) is 2. The number of nitrogens with zero attached hydrogens (tertiary/aromatic N) is 6. The Kier molecular flexibility index (Phi) is 9.99. The van der Waals surface area contributed by atoms with Crippen LogP contribution in [-0.2, 0) is 19.5 Å². The zero-order valence-corrected chi connectivity index (χ0v) is 25.7. The third-order valence-electron chi connectivity index (χ3n) is 6.97. The van der Waals surface area contributed by atoms with E-state index in [1.807, 2.05) is 47.1 Å². The molecule has 3 aromatic carbocycles. The van der Waals surface area contributed by atoms with Crippen LogP contribution in [-0.4, -0.2) is 29.5 Å². The van der Waals surface area contributed by atoms with Crippen molar-refractivity contribution in [3.05, 3.63) is 105 Å². The molecule has 1 unspecified atom stereocenters. The third kappa shape index (κ3) is 7.89. The monoisotopic (exact) mass is 626 g/mol. The van der Waals surface area contributed by atoms with E-state index in [1.54, 1.807) is 29.5 Å². The molecule has 0 amide bonds. The van der Waals surface area contributed by atoms with Crippen molar-refractivity contribution in [2.75, 3.05) is 0 Å². The van der Waals surface area contributed by atoms with Crippen LogP contribution < -0.4 is 0 Å². The number of aromatic nitrogens is 6. The number of benzene rings is 3. The Balaban J connectivity index is 1.27. The molecule has 0 spiro atoms. The van der Waals surface area contributed by atoms with E-state index in [2.05, 4.69) is 28.1 Å². The Bertz CT molecular complexity index is 1610. The molecule has 1 atom stereocenters. The fourth-order valence-electron chi connectivity index (χ4n) is 4.91. The predicted octanol–water partition coefficient (Wildman–Crippen LogP) is 9.30. The Morgan fingerprint density at radius 2 is 1.46 bits per heavy atom. The highest BCUT2D eigenvalue weighted by Gasteiger charge is 2.16. The lowest BCUT2D eigenvalue weighted by atomic mass is 9.93. The van der Waals surface area contributed by atoms with Crippen molar-refractivity contribution in [1.82, 2.24) is 29.5 Å². The van der Waals surface area contributed by atoms with Gasteiger partial charge in [-0.05, 0) is 65.8 Å². The van der Waals surface area contributed by atoms with Gasteiger partial charge >= 0.3 is 0 Å². The summed E-state index contributed by atoms with van der Waals surface area (Å²) in [6, 6.07) is 19.4. The van der Waals surface area contributed by atoms with E-state index in [0.717, 1.165) is 48.1 Å². The van der Waals surface area contributed by atoms with Crippen LogP contribution in [0.2, 0.25) is 20.1 Å². The van der Waals surface area contributed by atoms with Crippen LogP contribution in [0.1, 0.15) is 43.7 Å². The average molecular weight is 628 g/mol. The molecule has 0 saturated carbocycles. The van der Waals surface area contributed by atoms with E-state index in [0.29, 0.717) is 44.2 Å². The first-order valence-corrected chi connectivity index (χ1v) is 15.2. The standard InChI is InChI=1S/C31H30Cl4N6/c1-2-3-4-6-21(14-24-9-10-25(32)15-28(24)34)17-40-19-36-30(38-40)31-37-20-41(39-31)18-22-7-5-8-23(13-22)27-12-11-26(33)16-29(27)35/h5,7-13,15-16,19-21H,2-4,6,14,17-18H2,1H3. The molecule has 5 rings (SSSR count). The quantitative estimate of drug-likeness (QED) is 0.129. The summed E-state index contributed by atoms with van der Waals surface area (Å²) in [7, 11) is 0. The largest absolute Gasteiger partial charge is 0.252 e. The highest BCUT2D eigenvalue weighted by molar-refractivity contribution is 6.36.